The van der Waals surface area contributed by atoms with Crippen LogP contribution in [0.15, 0.2) is 24.3 Å². The van der Waals surface area contributed by atoms with Gasteiger partial charge in [0, 0.05) is 17.8 Å². The number of carbonyl (C=O) groups is 2. The lowest BCUT2D eigenvalue weighted by atomic mass is 10.2. The summed E-state index contributed by atoms with van der Waals surface area (Å²) in [5, 5.41) is 0.594. The molecule has 0 unspecified atom stereocenters. The monoisotopic (exact) mass is 385 g/mol. The summed E-state index contributed by atoms with van der Waals surface area (Å²) in [6.45, 7) is -0.464. The molecule has 2 aromatic rings. The summed E-state index contributed by atoms with van der Waals surface area (Å²) in [7, 11) is -1.59. The zero-order chi connectivity index (χ0) is 18.2. The Labute approximate surface area is 148 Å². The molecular formula is C16H16FNO5S2. The van der Waals surface area contributed by atoms with E-state index in [2.05, 4.69) is 0 Å². The average molecular weight is 385 g/mol. The molecule has 2 heterocycles. The van der Waals surface area contributed by atoms with Gasteiger partial charge in [-0.15, -0.1) is 11.3 Å². The number of amides is 1. The van der Waals surface area contributed by atoms with Crippen molar-refractivity contribution in [1.82, 2.24) is 4.90 Å². The lowest BCUT2D eigenvalue weighted by molar-refractivity contribution is -0.134. The van der Waals surface area contributed by atoms with E-state index >= 15 is 0 Å². The molecule has 1 atom stereocenters. The zero-order valence-corrected chi connectivity index (χ0v) is 15.0. The number of halogens is 1. The summed E-state index contributed by atoms with van der Waals surface area (Å²) in [6.07, 6.45) is 0.389. The Hall–Kier alpha value is -2.00. The highest BCUT2D eigenvalue weighted by Crippen LogP contribution is 2.26. The molecule has 1 amide bonds. The third-order valence-corrected chi connectivity index (χ3v) is 7.00. The lowest BCUT2D eigenvalue weighted by Gasteiger charge is -2.23. The predicted octanol–water partition coefficient (Wildman–Crippen LogP) is 1.84. The Balaban J connectivity index is 1.60. The van der Waals surface area contributed by atoms with E-state index in [0.717, 1.165) is 16.0 Å². The van der Waals surface area contributed by atoms with E-state index in [1.54, 1.807) is 6.07 Å². The lowest BCUT2D eigenvalue weighted by Crippen LogP contribution is -2.40. The molecule has 9 heteroatoms. The second kappa shape index (κ2) is 6.72. The number of fused-ring (bicyclic) bond motifs is 1. The summed E-state index contributed by atoms with van der Waals surface area (Å²) in [5.41, 5.74) is 0. The Kier molecular flexibility index (Phi) is 4.79. The van der Waals surface area contributed by atoms with Gasteiger partial charge in [0.25, 0.3) is 5.91 Å². The fourth-order valence-corrected chi connectivity index (χ4v) is 5.41. The number of thiophene rings is 1. The van der Waals surface area contributed by atoms with Gasteiger partial charge in [0.15, 0.2) is 16.4 Å². The highest BCUT2D eigenvalue weighted by molar-refractivity contribution is 7.91. The number of ether oxygens (including phenoxy) is 1. The summed E-state index contributed by atoms with van der Waals surface area (Å²) < 4.78 is 41.9. The van der Waals surface area contributed by atoms with Gasteiger partial charge in [-0.25, -0.2) is 17.6 Å². The Morgan fingerprint density at radius 2 is 2.12 bits per heavy atom. The molecule has 134 valence electrons. The average Bonchev–Trinajstić information content (AvgIpc) is 3.14. The molecule has 25 heavy (non-hydrogen) atoms. The minimum atomic E-state index is -3.10. The van der Waals surface area contributed by atoms with Gasteiger partial charge in [-0.1, -0.05) is 0 Å². The normalized spacial score (nSPS) is 19.0. The zero-order valence-electron chi connectivity index (χ0n) is 13.4. The Morgan fingerprint density at radius 3 is 2.80 bits per heavy atom. The van der Waals surface area contributed by atoms with Crippen LogP contribution in [0.1, 0.15) is 16.1 Å². The van der Waals surface area contributed by atoms with Crippen LogP contribution < -0.4 is 0 Å². The summed E-state index contributed by atoms with van der Waals surface area (Å²) >= 11 is 1.15. The Bertz CT molecular complexity index is 937. The third kappa shape index (κ3) is 3.98. The van der Waals surface area contributed by atoms with Gasteiger partial charge in [-0.2, -0.15) is 0 Å². The maximum Gasteiger partial charge on any atom is 0.348 e. The van der Waals surface area contributed by atoms with Crippen LogP contribution in [0.3, 0.4) is 0 Å². The molecule has 0 saturated carbocycles. The van der Waals surface area contributed by atoms with Gasteiger partial charge in [0.2, 0.25) is 0 Å². The molecule has 1 fully saturated rings. The molecule has 0 spiro atoms. The number of nitrogens with zero attached hydrogens (tertiary/aromatic N) is 1. The minimum absolute atomic E-state index is 0.0629. The van der Waals surface area contributed by atoms with Crippen molar-refractivity contribution in [2.24, 2.45) is 0 Å². The van der Waals surface area contributed by atoms with E-state index < -0.39 is 34.1 Å². The highest BCUT2D eigenvalue weighted by atomic mass is 32.2. The fourth-order valence-electron chi connectivity index (χ4n) is 2.70. The molecule has 1 aromatic carbocycles. The van der Waals surface area contributed by atoms with Crippen LogP contribution in [-0.2, 0) is 19.4 Å². The van der Waals surface area contributed by atoms with Crippen LogP contribution >= 0.6 is 11.3 Å². The third-order valence-electron chi connectivity index (χ3n) is 4.16. The smallest absolute Gasteiger partial charge is 0.348 e. The molecule has 1 aromatic heterocycles. The Morgan fingerprint density at radius 1 is 1.36 bits per heavy atom. The second-order valence-electron chi connectivity index (χ2n) is 5.93. The summed E-state index contributed by atoms with van der Waals surface area (Å²) in [6, 6.07) is 5.34. The fraction of sp³-hybridized carbons (Fsp3) is 0.375. The van der Waals surface area contributed by atoms with Crippen molar-refractivity contribution in [2.45, 2.75) is 12.5 Å². The van der Waals surface area contributed by atoms with Crippen molar-refractivity contribution in [1.29, 1.82) is 0 Å². The van der Waals surface area contributed by atoms with Crippen molar-refractivity contribution in [3.05, 3.63) is 35.0 Å². The molecule has 1 saturated heterocycles. The molecule has 1 aliphatic heterocycles. The van der Waals surface area contributed by atoms with Gasteiger partial charge in [0.1, 0.15) is 10.7 Å². The van der Waals surface area contributed by atoms with E-state index in [4.69, 9.17) is 4.74 Å². The van der Waals surface area contributed by atoms with Crippen molar-refractivity contribution in [3.63, 3.8) is 0 Å². The highest BCUT2D eigenvalue weighted by Gasteiger charge is 2.33. The number of esters is 1. The standard InChI is InChI=1S/C16H16FNO5S2/c1-18(12-4-5-25(21,22)9-12)15(19)8-23-16(20)14-7-10-6-11(17)2-3-13(10)24-14/h2-3,6-7,12H,4-5,8-9H2,1H3/t12-/m1/s1. The van der Waals surface area contributed by atoms with Crippen LogP contribution in [0.5, 0.6) is 0 Å². The number of likely N-dealkylation sites (N-methyl/N-ethyl adjacent to an activating group) is 1. The van der Waals surface area contributed by atoms with Crippen LogP contribution in [0.25, 0.3) is 10.1 Å². The molecule has 6 nitrogen and oxygen atoms in total. The quantitative estimate of drug-likeness (QED) is 0.751. The number of hydrogen-bond acceptors (Lipinski definition) is 6. The molecular weight excluding hydrogens is 369 g/mol. The van der Waals surface area contributed by atoms with Crippen LogP contribution in [0.2, 0.25) is 0 Å². The van der Waals surface area contributed by atoms with Gasteiger partial charge in [-0.3, -0.25) is 4.79 Å². The maximum atomic E-state index is 13.2. The van der Waals surface area contributed by atoms with Crippen LogP contribution in [-0.4, -0.2) is 56.4 Å². The first-order valence-corrected chi connectivity index (χ1v) is 10.2. The van der Waals surface area contributed by atoms with Gasteiger partial charge < -0.3 is 9.64 Å². The topological polar surface area (TPSA) is 80.8 Å². The summed E-state index contributed by atoms with van der Waals surface area (Å²) in [4.78, 5) is 25.8. The summed E-state index contributed by atoms with van der Waals surface area (Å²) in [5.74, 6) is -1.52. The first kappa shape index (κ1) is 17.8. The number of sulfone groups is 1. The van der Waals surface area contributed by atoms with Gasteiger partial charge >= 0.3 is 5.97 Å². The number of benzene rings is 1. The molecule has 0 radical (unpaired) electrons. The number of rotatable bonds is 4. The van der Waals surface area contributed by atoms with Crippen molar-refractivity contribution in [2.75, 3.05) is 25.2 Å². The van der Waals surface area contributed by atoms with Crippen LogP contribution in [0.4, 0.5) is 4.39 Å². The first-order chi connectivity index (χ1) is 11.7. The first-order valence-electron chi connectivity index (χ1n) is 7.57. The predicted molar refractivity (Wildman–Crippen MR) is 91.9 cm³/mol. The molecule has 1 aliphatic rings. The van der Waals surface area contributed by atoms with E-state index in [9.17, 15) is 22.4 Å². The second-order valence-corrected chi connectivity index (χ2v) is 9.24. The maximum absolute atomic E-state index is 13.2. The molecule has 0 bridgehead atoms. The molecule has 0 aliphatic carbocycles. The van der Waals surface area contributed by atoms with E-state index in [0.29, 0.717) is 11.8 Å². The van der Waals surface area contributed by atoms with Crippen molar-refractivity contribution >= 4 is 43.1 Å². The van der Waals surface area contributed by atoms with E-state index in [-0.39, 0.29) is 22.4 Å². The van der Waals surface area contributed by atoms with Gasteiger partial charge in [-0.05, 0) is 36.1 Å². The minimum Gasteiger partial charge on any atom is -0.451 e. The van der Waals surface area contributed by atoms with E-state index in [1.807, 2.05) is 0 Å². The van der Waals surface area contributed by atoms with Crippen molar-refractivity contribution in [3.8, 4) is 0 Å². The van der Waals surface area contributed by atoms with Crippen molar-refractivity contribution < 1.29 is 27.1 Å². The largest absolute Gasteiger partial charge is 0.451 e. The van der Waals surface area contributed by atoms with Crippen LogP contribution in [0, 0.1) is 5.82 Å². The molecule has 0 N–H and O–H groups in total. The SMILES string of the molecule is CN(C(=O)COC(=O)c1cc2cc(F)ccc2s1)[C@@H]1CCS(=O)(=O)C1. The number of hydrogen-bond donors (Lipinski definition) is 0. The number of carbonyl (C=O) groups excluding carboxylic acids is 2. The molecule has 3 rings (SSSR count). The van der Waals surface area contributed by atoms with E-state index in [1.165, 1.54) is 30.1 Å². The van der Waals surface area contributed by atoms with Gasteiger partial charge in [0.05, 0.1) is 11.5 Å².